The second-order valence-corrected chi connectivity index (χ2v) is 10.5. The van der Waals surface area contributed by atoms with E-state index >= 15 is 0 Å². The number of pyridine rings is 1. The zero-order valence-electron chi connectivity index (χ0n) is 20.4. The van der Waals surface area contributed by atoms with Crippen LogP contribution < -0.4 is 15.8 Å². The number of anilines is 1. The van der Waals surface area contributed by atoms with E-state index in [1.165, 1.54) is 16.7 Å². The van der Waals surface area contributed by atoms with Crippen molar-refractivity contribution in [2.45, 2.75) is 45.3 Å². The second-order valence-electron chi connectivity index (χ2n) is 9.68. The van der Waals surface area contributed by atoms with E-state index in [1.807, 2.05) is 31.7 Å². The Hall–Kier alpha value is -3.52. The van der Waals surface area contributed by atoms with Crippen molar-refractivity contribution in [3.8, 4) is 17.3 Å². The summed E-state index contributed by atoms with van der Waals surface area (Å²) < 4.78 is 21.6. The van der Waals surface area contributed by atoms with Crippen LogP contribution >= 0.6 is 15.9 Å². The van der Waals surface area contributed by atoms with Gasteiger partial charge in [-0.3, -0.25) is 9.36 Å². The molecule has 1 N–H and O–H groups in total. The highest BCUT2D eigenvalue weighted by Gasteiger charge is 2.26. The standard InChI is InChI=1S/C25H26BrFN6O3/c1-25(2,3)36-24(35)29-16-7-9-33(10-8-16)23-30-20(14-5-6-15(13-28)19(27)11-14)17-12-18(26)22(34)32(4)21(17)31-23/h5-6,11-12,16H,7-10H2,1-4H3,(H,29,35). The number of nitrogens with one attached hydrogen (secondary N) is 1. The first-order chi connectivity index (χ1) is 17.0. The summed E-state index contributed by atoms with van der Waals surface area (Å²) in [4.78, 5) is 36.1. The summed E-state index contributed by atoms with van der Waals surface area (Å²) in [5.41, 5.74) is 0.420. The number of rotatable bonds is 3. The molecule has 0 bridgehead atoms. The van der Waals surface area contributed by atoms with Gasteiger partial charge in [0.15, 0.2) is 0 Å². The van der Waals surface area contributed by atoms with Gasteiger partial charge >= 0.3 is 6.09 Å². The van der Waals surface area contributed by atoms with Crippen molar-refractivity contribution in [3.05, 3.63) is 50.5 Å². The highest BCUT2D eigenvalue weighted by Crippen LogP contribution is 2.31. The van der Waals surface area contributed by atoms with Gasteiger partial charge in [-0.15, -0.1) is 0 Å². The molecule has 1 saturated heterocycles. The minimum atomic E-state index is -0.652. The fraction of sp³-hybridized carbons (Fsp3) is 0.400. The molecule has 1 aliphatic heterocycles. The lowest BCUT2D eigenvalue weighted by atomic mass is 10.0. The predicted octanol–water partition coefficient (Wildman–Crippen LogP) is 4.26. The number of piperidine rings is 1. The molecule has 0 saturated carbocycles. The Labute approximate surface area is 216 Å². The molecule has 3 heterocycles. The lowest BCUT2D eigenvalue weighted by Crippen LogP contribution is -2.46. The third kappa shape index (κ3) is 5.33. The maximum atomic E-state index is 14.5. The largest absolute Gasteiger partial charge is 0.444 e. The number of halogens is 2. The molecule has 1 amide bonds. The van der Waals surface area contributed by atoms with Crippen LogP contribution in [0.25, 0.3) is 22.3 Å². The first-order valence-corrected chi connectivity index (χ1v) is 12.3. The Morgan fingerprint density at radius 3 is 2.56 bits per heavy atom. The third-order valence-corrected chi connectivity index (χ3v) is 6.44. The number of amides is 1. The fourth-order valence-corrected chi connectivity index (χ4v) is 4.59. The van der Waals surface area contributed by atoms with E-state index < -0.39 is 17.5 Å². The van der Waals surface area contributed by atoms with Crippen LogP contribution in [0.3, 0.4) is 0 Å². The average Bonchev–Trinajstić information content (AvgIpc) is 2.81. The van der Waals surface area contributed by atoms with Gasteiger partial charge in [0, 0.05) is 37.1 Å². The number of carbonyl (C=O) groups excluding carboxylic acids is 1. The smallest absolute Gasteiger partial charge is 0.407 e. The number of nitriles is 1. The van der Waals surface area contributed by atoms with Gasteiger partial charge in [0.2, 0.25) is 5.95 Å². The van der Waals surface area contributed by atoms with E-state index in [0.29, 0.717) is 58.6 Å². The number of benzene rings is 1. The average molecular weight is 557 g/mol. The maximum absolute atomic E-state index is 14.5. The van der Waals surface area contributed by atoms with Gasteiger partial charge in [0.25, 0.3) is 5.56 Å². The number of aryl methyl sites for hydroxylation is 1. The lowest BCUT2D eigenvalue weighted by Gasteiger charge is -2.33. The molecule has 36 heavy (non-hydrogen) atoms. The van der Waals surface area contributed by atoms with Gasteiger partial charge in [-0.2, -0.15) is 10.2 Å². The van der Waals surface area contributed by atoms with Gasteiger partial charge in [-0.25, -0.2) is 14.2 Å². The summed E-state index contributed by atoms with van der Waals surface area (Å²) in [5, 5.41) is 12.6. The van der Waals surface area contributed by atoms with E-state index in [2.05, 4.69) is 26.2 Å². The molecule has 11 heteroatoms. The number of fused-ring (bicyclic) bond motifs is 1. The first kappa shape index (κ1) is 25.6. The minimum absolute atomic E-state index is 0.0519. The van der Waals surface area contributed by atoms with Crippen molar-refractivity contribution >= 4 is 39.0 Å². The molecule has 0 atom stereocenters. The lowest BCUT2D eigenvalue weighted by molar-refractivity contribution is 0.0497. The molecule has 0 spiro atoms. The second kappa shape index (κ2) is 9.85. The molecule has 1 fully saturated rings. The zero-order valence-corrected chi connectivity index (χ0v) is 22.0. The highest BCUT2D eigenvalue weighted by atomic mass is 79.9. The molecule has 3 aromatic rings. The molecular formula is C25H26BrFN6O3. The quantitative estimate of drug-likeness (QED) is 0.512. The van der Waals surface area contributed by atoms with Gasteiger partial charge < -0.3 is 15.0 Å². The Kier molecular flexibility index (Phi) is 7.00. The first-order valence-electron chi connectivity index (χ1n) is 11.5. The van der Waals surface area contributed by atoms with Crippen molar-refractivity contribution < 1.29 is 13.9 Å². The summed E-state index contributed by atoms with van der Waals surface area (Å²) in [5.74, 6) is -0.253. The highest BCUT2D eigenvalue weighted by molar-refractivity contribution is 9.10. The van der Waals surface area contributed by atoms with Crippen LogP contribution in [-0.4, -0.2) is 45.4 Å². The molecule has 0 radical (unpaired) electrons. The number of hydrogen-bond acceptors (Lipinski definition) is 7. The van der Waals surface area contributed by atoms with Crippen LogP contribution in [0.15, 0.2) is 33.5 Å². The summed E-state index contributed by atoms with van der Waals surface area (Å²) >= 11 is 3.29. The minimum Gasteiger partial charge on any atom is -0.444 e. The Morgan fingerprint density at radius 2 is 1.94 bits per heavy atom. The van der Waals surface area contributed by atoms with Gasteiger partial charge in [0.1, 0.15) is 23.1 Å². The Morgan fingerprint density at radius 1 is 1.25 bits per heavy atom. The number of alkyl carbamates (subject to hydrolysis) is 1. The normalized spacial score (nSPS) is 14.5. The Bertz CT molecular complexity index is 1430. The van der Waals surface area contributed by atoms with Crippen LogP contribution in [0.2, 0.25) is 0 Å². The van der Waals surface area contributed by atoms with Crippen molar-refractivity contribution in [1.82, 2.24) is 19.9 Å². The third-order valence-electron chi connectivity index (χ3n) is 5.87. The SMILES string of the molecule is Cn1c(=O)c(Br)cc2c(-c3ccc(C#N)c(F)c3)nc(N3CCC(NC(=O)OC(C)(C)C)CC3)nc21. The summed E-state index contributed by atoms with van der Waals surface area (Å²) in [7, 11) is 1.62. The van der Waals surface area contributed by atoms with E-state index in [1.54, 1.807) is 19.2 Å². The van der Waals surface area contributed by atoms with Crippen LogP contribution in [0.1, 0.15) is 39.2 Å². The van der Waals surface area contributed by atoms with Crippen molar-refractivity contribution in [1.29, 1.82) is 5.26 Å². The van der Waals surface area contributed by atoms with Crippen LogP contribution in [-0.2, 0) is 11.8 Å². The molecule has 4 rings (SSSR count). The molecule has 1 aromatic carbocycles. The molecule has 188 valence electrons. The summed E-state index contributed by atoms with van der Waals surface area (Å²) in [6, 6.07) is 7.70. The monoisotopic (exact) mass is 556 g/mol. The van der Waals surface area contributed by atoms with E-state index in [4.69, 9.17) is 15.0 Å². The number of hydrogen-bond donors (Lipinski definition) is 1. The molecular weight excluding hydrogens is 531 g/mol. The van der Waals surface area contributed by atoms with E-state index in [9.17, 15) is 14.0 Å². The molecule has 0 unspecified atom stereocenters. The van der Waals surface area contributed by atoms with Crippen LogP contribution in [0.4, 0.5) is 15.1 Å². The van der Waals surface area contributed by atoms with E-state index in [-0.39, 0.29) is 17.2 Å². The number of nitrogens with zero attached hydrogens (tertiary/aromatic N) is 5. The Balaban J connectivity index is 1.68. The summed E-state index contributed by atoms with van der Waals surface area (Å²) in [6.45, 7) is 6.58. The molecule has 2 aromatic heterocycles. The predicted molar refractivity (Wildman–Crippen MR) is 137 cm³/mol. The molecule has 9 nitrogen and oxygen atoms in total. The van der Waals surface area contributed by atoms with Gasteiger partial charge in [-0.05, 0) is 67.7 Å². The van der Waals surface area contributed by atoms with Crippen LogP contribution in [0.5, 0.6) is 0 Å². The van der Waals surface area contributed by atoms with E-state index in [0.717, 1.165) is 0 Å². The van der Waals surface area contributed by atoms with Crippen molar-refractivity contribution in [2.24, 2.45) is 7.05 Å². The van der Waals surface area contributed by atoms with Crippen molar-refractivity contribution in [2.75, 3.05) is 18.0 Å². The number of aromatic nitrogens is 3. The van der Waals surface area contributed by atoms with Gasteiger partial charge in [-0.1, -0.05) is 6.07 Å². The zero-order chi connectivity index (χ0) is 26.2. The number of ether oxygens (including phenoxy) is 1. The van der Waals surface area contributed by atoms with Crippen molar-refractivity contribution in [3.63, 3.8) is 0 Å². The number of carbonyl (C=O) groups is 1. The molecule has 1 aliphatic rings. The topological polar surface area (TPSA) is 113 Å². The fourth-order valence-electron chi connectivity index (χ4n) is 4.09. The van der Waals surface area contributed by atoms with Gasteiger partial charge in [0.05, 0.1) is 15.7 Å². The summed E-state index contributed by atoms with van der Waals surface area (Å²) in [6.07, 6.45) is 0.857. The maximum Gasteiger partial charge on any atom is 0.407 e. The van der Waals surface area contributed by atoms with Crippen LogP contribution in [0, 0.1) is 17.1 Å². The molecule has 0 aliphatic carbocycles.